The summed E-state index contributed by atoms with van der Waals surface area (Å²) in [6.45, 7) is 1.48. The van der Waals surface area contributed by atoms with Gasteiger partial charge in [-0.3, -0.25) is 4.79 Å². The number of anilines is 1. The zero-order valence-electron chi connectivity index (χ0n) is 12.4. The van der Waals surface area contributed by atoms with E-state index in [1.54, 1.807) is 0 Å². The molecule has 3 N–H and O–H groups in total. The summed E-state index contributed by atoms with van der Waals surface area (Å²) in [5.74, 6) is 0.938. The zero-order chi connectivity index (χ0) is 14.7. The van der Waals surface area contributed by atoms with Gasteiger partial charge in [-0.25, -0.2) is 0 Å². The van der Waals surface area contributed by atoms with Crippen LogP contribution >= 0.6 is 0 Å². The molecule has 2 fully saturated rings. The lowest BCUT2D eigenvalue weighted by Crippen LogP contribution is -2.23. The minimum atomic E-state index is 0.0646. The molecule has 1 amide bonds. The van der Waals surface area contributed by atoms with Crippen LogP contribution in [0.2, 0.25) is 0 Å². The monoisotopic (exact) mass is 288 g/mol. The topological polar surface area (TPSA) is 64.4 Å². The molecule has 3 rings (SSSR count). The van der Waals surface area contributed by atoms with Crippen molar-refractivity contribution in [1.82, 2.24) is 0 Å². The van der Waals surface area contributed by atoms with Gasteiger partial charge in [0.25, 0.3) is 0 Å². The van der Waals surface area contributed by atoms with E-state index in [1.807, 2.05) is 24.3 Å². The van der Waals surface area contributed by atoms with Crippen LogP contribution in [0.15, 0.2) is 24.3 Å². The Morgan fingerprint density at radius 2 is 2.14 bits per heavy atom. The second kappa shape index (κ2) is 6.58. The zero-order valence-corrected chi connectivity index (χ0v) is 12.4. The molecule has 1 aromatic rings. The van der Waals surface area contributed by atoms with Crippen molar-refractivity contribution < 1.29 is 9.53 Å². The number of carbonyl (C=O) groups excluding carboxylic acids is 1. The largest absolute Gasteiger partial charge is 0.376 e. The van der Waals surface area contributed by atoms with E-state index in [1.165, 1.54) is 12.8 Å². The van der Waals surface area contributed by atoms with E-state index in [9.17, 15) is 4.79 Å². The van der Waals surface area contributed by atoms with E-state index in [0.29, 0.717) is 6.61 Å². The highest BCUT2D eigenvalue weighted by atomic mass is 16.5. The molecule has 0 aromatic heterocycles. The Morgan fingerprint density at radius 1 is 1.29 bits per heavy atom. The van der Waals surface area contributed by atoms with Gasteiger partial charge in [0.15, 0.2) is 0 Å². The van der Waals surface area contributed by atoms with Gasteiger partial charge in [0.2, 0.25) is 5.91 Å². The fourth-order valence-electron chi connectivity index (χ4n) is 2.87. The molecule has 0 saturated heterocycles. The standard InChI is InChI=1S/C17H24N2O2/c18-15-7-6-14(9-15)17(20)19-16-3-1-2-13(8-16)11-21-10-12-4-5-12/h1-3,8,12,14-15H,4-7,9-11,18H2,(H,19,20). The van der Waals surface area contributed by atoms with Crippen LogP contribution in [0.4, 0.5) is 5.69 Å². The average molecular weight is 288 g/mol. The van der Waals surface area contributed by atoms with Crippen molar-refractivity contribution in [1.29, 1.82) is 0 Å². The summed E-state index contributed by atoms with van der Waals surface area (Å²) in [6.07, 6.45) is 5.26. The number of hydrogen-bond donors (Lipinski definition) is 2. The Kier molecular flexibility index (Phi) is 4.56. The summed E-state index contributed by atoms with van der Waals surface area (Å²) in [7, 11) is 0. The van der Waals surface area contributed by atoms with Crippen LogP contribution in [0.25, 0.3) is 0 Å². The summed E-state index contributed by atoms with van der Waals surface area (Å²) < 4.78 is 5.69. The Bertz CT molecular complexity index is 499. The van der Waals surface area contributed by atoms with Crippen molar-refractivity contribution in [2.45, 2.75) is 44.8 Å². The molecule has 0 radical (unpaired) electrons. The summed E-state index contributed by atoms with van der Waals surface area (Å²) in [4.78, 5) is 12.2. The summed E-state index contributed by atoms with van der Waals surface area (Å²) in [6, 6.07) is 8.11. The predicted octanol–water partition coefficient (Wildman–Crippen LogP) is 2.68. The maximum absolute atomic E-state index is 12.2. The molecule has 114 valence electrons. The fraction of sp³-hybridized carbons (Fsp3) is 0.588. The first kappa shape index (κ1) is 14.5. The van der Waals surface area contributed by atoms with E-state index in [-0.39, 0.29) is 17.9 Å². The number of amides is 1. The third kappa shape index (κ3) is 4.29. The van der Waals surface area contributed by atoms with Crippen molar-refractivity contribution in [3.63, 3.8) is 0 Å². The lowest BCUT2D eigenvalue weighted by Gasteiger charge is -2.12. The van der Waals surface area contributed by atoms with E-state index >= 15 is 0 Å². The maximum Gasteiger partial charge on any atom is 0.227 e. The van der Waals surface area contributed by atoms with Gasteiger partial charge < -0.3 is 15.8 Å². The second-order valence-corrected chi connectivity index (χ2v) is 6.42. The van der Waals surface area contributed by atoms with Crippen molar-refractivity contribution >= 4 is 11.6 Å². The summed E-state index contributed by atoms with van der Waals surface area (Å²) >= 11 is 0. The number of nitrogens with one attached hydrogen (secondary N) is 1. The Morgan fingerprint density at radius 3 is 2.86 bits per heavy atom. The molecule has 1 aromatic carbocycles. The lowest BCUT2D eigenvalue weighted by molar-refractivity contribution is -0.119. The molecule has 0 spiro atoms. The first-order valence-electron chi connectivity index (χ1n) is 7.94. The number of hydrogen-bond acceptors (Lipinski definition) is 3. The van der Waals surface area contributed by atoms with Crippen LogP contribution < -0.4 is 11.1 Å². The summed E-state index contributed by atoms with van der Waals surface area (Å²) in [5, 5.41) is 3.01. The normalized spacial score (nSPS) is 25.0. The highest BCUT2D eigenvalue weighted by molar-refractivity contribution is 5.92. The highest BCUT2D eigenvalue weighted by Crippen LogP contribution is 2.29. The van der Waals surface area contributed by atoms with E-state index in [2.05, 4.69) is 5.32 Å². The van der Waals surface area contributed by atoms with Crippen LogP contribution in [0.3, 0.4) is 0 Å². The minimum absolute atomic E-state index is 0.0646. The Balaban J connectivity index is 1.51. The summed E-state index contributed by atoms with van der Waals surface area (Å²) in [5.41, 5.74) is 7.83. The SMILES string of the molecule is NC1CCC(C(=O)Nc2cccc(COCC3CC3)c2)C1. The molecule has 2 atom stereocenters. The predicted molar refractivity (Wildman–Crippen MR) is 82.8 cm³/mol. The molecule has 4 heteroatoms. The van der Waals surface area contributed by atoms with Crippen LogP contribution in [-0.2, 0) is 16.1 Å². The third-order valence-corrected chi connectivity index (χ3v) is 4.36. The van der Waals surface area contributed by atoms with Gasteiger partial charge in [-0.1, -0.05) is 12.1 Å². The van der Waals surface area contributed by atoms with Gasteiger partial charge in [0, 0.05) is 24.3 Å². The van der Waals surface area contributed by atoms with Crippen LogP contribution in [0, 0.1) is 11.8 Å². The quantitative estimate of drug-likeness (QED) is 0.846. The van der Waals surface area contributed by atoms with Crippen LogP contribution in [0.5, 0.6) is 0 Å². The molecular formula is C17H24N2O2. The van der Waals surface area contributed by atoms with Crippen molar-refractivity contribution in [3.05, 3.63) is 29.8 Å². The highest BCUT2D eigenvalue weighted by Gasteiger charge is 2.27. The van der Waals surface area contributed by atoms with Crippen LogP contribution in [0.1, 0.15) is 37.7 Å². The lowest BCUT2D eigenvalue weighted by atomic mass is 10.1. The number of rotatable bonds is 6. The van der Waals surface area contributed by atoms with Gasteiger partial charge in [-0.15, -0.1) is 0 Å². The maximum atomic E-state index is 12.2. The number of nitrogens with two attached hydrogens (primary N) is 1. The molecule has 2 aliphatic carbocycles. The van der Waals surface area contributed by atoms with Crippen molar-refractivity contribution in [3.8, 4) is 0 Å². The van der Waals surface area contributed by atoms with Crippen molar-refractivity contribution in [2.24, 2.45) is 17.6 Å². The first-order chi connectivity index (χ1) is 10.2. The first-order valence-corrected chi connectivity index (χ1v) is 7.94. The molecule has 0 heterocycles. The smallest absolute Gasteiger partial charge is 0.227 e. The molecule has 21 heavy (non-hydrogen) atoms. The second-order valence-electron chi connectivity index (χ2n) is 6.42. The Labute approximate surface area is 126 Å². The Hall–Kier alpha value is -1.39. The van der Waals surface area contributed by atoms with E-state index < -0.39 is 0 Å². The van der Waals surface area contributed by atoms with Crippen molar-refractivity contribution in [2.75, 3.05) is 11.9 Å². The van der Waals surface area contributed by atoms with Gasteiger partial charge in [-0.05, 0) is 55.7 Å². The van der Waals surface area contributed by atoms with Gasteiger partial charge in [0.05, 0.1) is 6.61 Å². The molecule has 2 aliphatic rings. The minimum Gasteiger partial charge on any atom is -0.376 e. The molecule has 2 unspecified atom stereocenters. The average Bonchev–Trinajstić information content (AvgIpc) is 3.18. The molecule has 2 saturated carbocycles. The molecule has 0 bridgehead atoms. The van der Waals surface area contributed by atoms with Crippen LogP contribution in [-0.4, -0.2) is 18.6 Å². The molecular weight excluding hydrogens is 264 g/mol. The number of carbonyl (C=O) groups is 1. The van der Waals surface area contributed by atoms with E-state index in [0.717, 1.165) is 43.0 Å². The number of benzene rings is 1. The van der Waals surface area contributed by atoms with Gasteiger partial charge >= 0.3 is 0 Å². The van der Waals surface area contributed by atoms with Gasteiger partial charge in [0.1, 0.15) is 0 Å². The van der Waals surface area contributed by atoms with Gasteiger partial charge in [-0.2, -0.15) is 0 Å². The molecule has 0 aliphatic heterocycles. The molecule has 4 nitrogen and oxygen atoms in total. The number of ether oxygens (including phenoxy) is 1. The fourth-order valence-corrected chi connectivity index (χ4v) is 2.87. The third-order valence-electron chi connectivity index (χ3n) is 4.36. The van der Waals surface area contributed by atoms with E-state index in [4.69, 9.17) is 10.5 Å².